The second-order valence-corrected chi connectivity index (χ2v) is 7.64. The second-order valence-electron chi connectivity index (χ2n) is 6.66. The fourth-order valence-corrected chi connectivity index (χ4v) is 4.39. The van der Waals surface area contributed by atoms with E-state index >= 15 is 0 Å². The van der Waals surface area contributed by atoms with Crippen molar-refractivity contribution in [2.75, 3.05) is 4.90 Å². The molecule has 0 bridgehead atoms. The number of amides is 2. The first kappa shape index (κ1) is 20.7. The summed E-state index contributed by atoms with van der Waals surface area (Å²) in [4.78, 5) is 35.9. The van der Waals surface area contributed by atoms with Crippen LogP contribution in [0, 0.1) is 0 Å². The standard InChI is InChI=1S/C22H24N4O2S/c1-3-8-17(4-2)26(21(28)16-9-6-5-7-10-16)22-18(19(23)27)25-20(29-22)15-11-13-24-14-12-15/h5-7,9-14,17H,3-4,8H2,1-2H3,(H2,23,27). The Hall–Kier alpha value is -3.06. The van der Waals surface area contributed by atoms with Crippen LogP contribution in [-0.4, -0.2) is 27.8 Å². The molecule has 3 aromatic rings. The van der Waals surface area contributed by atoms with Gasteiger partial charge in [-0.25, -0.2) is 4.98 Å². The van der Waals surface area contributed by atoms with Gasteiger partial charge in [-0.05, 0) is 37.1 Å². The van der Waals surface area contributed by atoms with Gasteiger partial charge in [0.1, 0.15) is 10.0 Å². The first-order chi connectivity index (χ1) is 14.1. The summed E-state index contributed by atoms with van der Waals surface area (Å²) in [7, 11) is 0. The molecule has 2 N–H and O–H groups in total. The zero-order valence-electron chi connectivity index (χ0n) is 16.5. The molecule has 1 aromatic carbocycles. The Labute approximate surface area is 174 Å². The number of pyridine rings is 1. The van der Waals surface area contributed by atoms with E-state index in [0.29, 0.717) is 15.6 Å². The van der Waals surface area contributed by atoms with Crippen molar-refractivity contribution in [1.82, 2.24) is 9.97 Å². The van der Waals surface area contributed by atoms with Gasteiger partial charge in [0, 0.05) is 29.6 Å². The first-order valence-corrected chi connectivity index (χ1v) is 10.5. The third kappa shape index (κ3) is 4.51. The summed E-state index contributed by atoms with van der Waals surface area (Å²) in [5, 5.41) is 1.13. The number of benzene rings is 1. The minimum absolute atomic E-state index is 0.0588. The smallest absolute Gasteiger partial charge is 0.270 e. The second kappa shape index (κ2) is 9.43. The Morgan fingerprint density at radius 3 is 2.38 bits per heavy atom. The lowest BCUT2D eigenvalue weighted by Crippen LogP contribution is -2.41. The molecule has 6 nitrogen and oxygen atoms in total. The third-order valence-electron chi connectivity index (χ3n) is 4.69. The fourth-order valence-electron chi connectivity index (χ4n) is 3.25. The number of primary amides is 1. The minimum Gasteiger partial charge on any atom is -0.364 e. The van der Waals surface area contributed by atoms with Gasteiger partial charge in [0.05, 0.1) is 0 Å². The highest BCUT2D eigenvalue weighted by Gasteiger charge is 2.31. The number of rotatable bonds is 8. The molecule has 0 aliphatic rings. The fraction of sp³-hybridized carbons (Fsp3) is 0.273. The number of hydrogen-bond acceptors (Lipinski definition) is 5. The summed E-state index contributed by atoms with van der Waals surface area (Å²) < 4.78 is 0. The summed E-state index contributed by atoms with van der Waals surface area (Å²) in [6, 6.07) is 12.7. The predicted molar refractivity (Wildman–Crippen MR) is 116 cm³/mol. The van der Waals surface area contributed by atoms with Crippen LogP contribution >= 0.6 is 11.3 Å². The maximum absolute atomic E-state index is 13.5. The van der Waals surface area contributed by atoms with Crippen LogP contribution in [0.5, 0.6) is 0 Å². The third-order valence-corrected chi connectivity index (χ3v) is 5.79. The van der Waals surface area contributed by atoms with Crippen molar-refractivity contribution in [3.8, 4) is 10.6 Å². The van der Waals surface area contributed by atoms with E-state index in [9.17, 15) is 9.59 Å². The van der Waals surface area contributed by atoms with Gasteiger partial charge in [0.15, 0.2) is 5.69 Å². The molecule has 29 heavy (non-hydrogen) atoms. The van der Waals surface area contributed by atoms with Crippen LogP contribution in [0.1, 0.15) is 54.0 Å². The van der Waals surface area contributed by atoms with Crippen molar-refractivity contribution < 1.29 is 9.59 Å². The SMILES string of the molecule is CCCC(CC)N(C(=O)c1ccccc1)c1sc(-c2ccncc2)nc1C(N)=O. The summed E-state index contributed by atoms with van der Waals surface area (Å²) in [6.45, 7) is 4.12. The largest absolute Gasteiger partial charge is 0.364 e. The average molecular weight is 409 g/mol. The lowest BCUT2D eigenvalue weighted by atomic mass is 10.1. The lowest BCUT2D eigenvalue weighted by Gasteiger charge is -2.30. The molecule has 150 valence electrons. The molecular formula is C22H24N4O2S. The lowest BCUT2D eigenvalue weighted by molar-refractivity contribution is 0.0974. The quantitative estimate of drug-likeness (QED) is 0.593. The van der Waals surface area contributed by atoms with Crippen LogP contribution in [0.25, 0.3) is 10.6 Å². The summed E-state index contributed by atoms with van der Waals surface area (Å²) in [5.41, 5.74) is 7.17. The molecule has 0 aliphatic heterocycles. The molecule has 3 rings (SSSR count). The number of hydrogen-bond donors (Lipinski definition) is 1. The van der Waals surface area contributed by atoms with Gasteiger partial charge in [-0.1, -0.05) is 49.8 Å². The molecule has 0 radical (unpaired) electrons. The van der Waals surface area contributed by atoms with Crippen LogP contribution < -0.4 is 10.6 Å². The zero-order valence-corrected chi connectivity index (χ0v) is 17.4. The molecule has 2 amide bonds. The molecule has 0 saturated carbocycles. The minimum atomic E-state index is -0.645. The van der Waals surface area contributed by atoms with Crippen molar-refractivity contribution in [2.45, 2.75) is 39.2 Å². The highest BCUT2D eigenvalue weighted by atomic mass is 32.1. The van der Waals surface area contributed by atoms with Crippen LogP contribution in [0.4, 0.5) is 5.00 Å². The Morgan fingerprint density at radius 2 is 1.79 bits per heavy atom. The van der Waals surface area contributed by atoms with Gasteiger partial charge < -0.3 is 5.73 Å². The summed E-state index contributed by atoms with van der Waals surface area (Å²) >= 11 is 1.31. The number of nitrogens with zero attached hydrogens (tertiary/aromatic N) is 3. The Kier molecular flexibility index (Phi) is 6.72. The molecular weight excluding hydrogens is 384 g/mol. The van der Waals surface area contributed by atoms with E-state index < -0.39 is 5.91 Å². The Bertz CT molecular complexity index is 973. The zero-order chi connectivity index (χ0) is 20.8. The van der Waals surface area contributed by atoms with Gasteiger partial charge in [-0.3, -0.25) is 19.5 Å². The van der Waals surface area contributed by atoms with E-state index in [4.69, 9.17) is 5.73 Å². The van der Waals surface area contributed by atoms with E-state index in [1.807, 2.05) is 37.3 Å². The molecule has 7 heteroatoms. The molecule has 0 saturated heterocycles. The van der Waals surface area contributed by atoms with Gasteiger partial charge in [-0.15, -0.1) is 0 Å². The van der Waals surface area contributed by atoms with Gasteiger partial charge >= 0.3 is 0 Å². The van der Waals surface area contributed by atoms with Crippen LogP contribution in [-0.2, 0) is 0 Å². The van der Waals surface area contributed by atoms with Crippen LogP contribution in [0.2, 0.25) is 0 Å². The van der Waals surface area contributed by atoms with Crippen molar-refractivity contribution >= 4 is 28.2 Å². The Morgan fingerprint density at radius 1 is 1.10 bits per heavy atom. The van der Waals surface area contributed by atoms with Crippen LogP contribution in [0.15, 0.2) is 54.9 Å². The van der Waals surface area contributed by atoms with Crippen molar-refractivity contribution in [3.05, 3.63) is 66.1 Å². The van der Waals surface area contributed by atoms with Crippen molar-refractivity contribution in [2.24, 2.45) is 5.73 Å². The Balaban J connectivity index is 2.15. The molecule has 0 spiro atoms. The summed E-state index contributed by atoms with van der Waals surface area (Å²) in [6.07, 6.45) is 5.82. The van der Waals surface area contributed by atoms with Crippen molar-refractivity contribution in [1.29, 1.82) is 0 Å². The molecule has 2 aromatic heterocycles. The first-order valence-electron chi connectivity index (χ1n) is 9.66. The number of nitrogens with two attached hydrogens (primary N) is 1. The molecule has 1 atom stereocenters. The number of anilines is 1. The van der Waals surface area contributed by atoms with Gasteiger partial charge in [-0.2, -0.15) is 0 Å². The highest BCUT2D eigenvalue weighted by Crippen LogP contribution is 2.37. The molecule has 1 unspecified atom stereocenters. The average Bonchev–Trinajstić information content (AvgIpc) is 3.20. The van der Waals surface area contributed by atoms with E-state index in [1.54, 1.807) is 29.4 Å². The summed E-state index contributed by atoms with van der Waals surface area (Å²) in [5.74, 6) is -0.799. The number of carbonyl (C=O) groups excluding carboxylic acids is 2. The molecule has 0 aliphatic carbocycles. The maximum atomic E-state index is 13.5. The number of carbonyl (C=O) groups is 2. The molecule has 2 heterocycles. The van der Waals surface area contributed by atoms with Gasteiger partial charge in [0.25, 0.3) is 11.8 Å². The normalized spacial score (nSPS) is 11.8. The predicted octanol–water partition coefficient (Wildman–Crippen LogP) is 4.53. The maximum Gasteiger partial charge on any atom is 0.270 e. The van der Waals surface area contributed by atoms with E-state index in [2.05, 4.69) is 16.9 Å². The van der Waals surface area contributed by atoms with Crippen molar-refractivity contribution in [3.63, 3.8) is 0 Å². The molecule has 0 fully saturated rings. The van der Waals surface area contributed by atoms with Gasteiger partial charge in [0.2, 0.25) is 0 Å². The van der Waals surface area contributed by atoms with E-state index in [1.165, 1.54) is 11.3 Å². The van der Waals surface area contributed by atoms with Crippen LogP contribution in [0.3, 0.4) is 0 Å². The number of aromatic nitrogens is 2. The monoisotopic (exact) mass is 408 g/mol. The van der Waals surface area contributed by atoms with E-state index in [0.717, 1.165) is 24.8 Å². The number of thiazole rings is 1. The van der Waals surface area contributed by atoms with E-state index in [-0.39, 0.29) is 17.6 Å². The topological polar surface area (TPSA) is 89.2 Å². The highest BCUT2D eigenvalue weighted by molar-refractivity contribution is 7.19.